The van der Waals surface area contributed by atoms with E-state index in [0.29, 0.717) is 58.9 Å². The minimum absolute atomic E-state index is 0.0291. The van der Waals surface area contributed by atoms with Gasteiger partial charge in [-0.1, -0.05) is 12.1 Å². The van der Waals surface area contributed by atoms with E-state index < -0.39 is 17.4 Å². The normalized spacial score (nSPS) is 20.2. The number of hydrogen-bond donors (Lipinski definition) is 2. The molecule has 274 valence electrons. The molecule has 0 spiro atoms. The molecule has 52 heavy (non-hydrogen) atoms. The van der Waals surface area contributed by atoms with Crippen LogP contribution < -0.4 is 25.4 Å². The predicted octanol–water partition coefficient (Wildman–Crippen LogP) is 5.23. The van der Waals surface area contributed by atoms with Gasteiger partial charge in [-0.25, -0.2) is 14.2 Å². The van der Waals surface area contributed by atoms with Crippen molar-refractivity contribution >= 4 is 56.8 Å². The van der Waals surface area contributed by atoms with E-state index in [1.165, 1.54) is 6.07 Å². The molecule has 0 bridgehead atoms. The molecule has 3 amide bonds. The van der Waals surface area contributed by atoms with E-state index in [9.17, 15) is 14.4 Å². The van der Waals surface area contributed by atoms with Crippen LogP contribution in [0.2, 0.25) is 0 Å². The molecule has 0 radical (unpaired) electrons. The Morgan fingerprint density at radius 1 is 0.923 bits per heavy atom. The lowest BCUT2D eigenvalue weighted by Gasteiger charge is -2.42. The lowest BCUT2D eigenvalue weighted by molar-refractivity contribution is -0.120. The molecule has 6 heterocycles. The minimum atomic E-state index is -0.613. The summed E-state index contributed by atoms with van der Waals surface area (Å²) in [5.41, 5.74) is 1.70. The predicted molar refractivity (Wildman–Crippen MR) is 200 cm³/mol. The van der Waals surface area contributed by atoms with Gasteiger partial charge in [0, 0.05) is 85.4 Å². The molecule has 12 nitrogen and oxygen atoms in total. The number of piperidine rings is 2. The Morgan fingerprint density at radius 2 is 1.73 bits per heavy atom. The van der Waals surface area contributed by atoms with Gasteiger partial charge in [-0.05, 0) is 63.6 Å². The molecule has 0 atom stereocenters. The molecule has 4 saturated heterocycles. The van der Waals surface area contributed by atoms with Gasteiger partial charge in [0.1, 0.15) is 22.8 Å². The summed E-state index contributed by atoms with van der Waals surface area (Å²) in [6.45, 7) is 6.20. The van der Waals surface area contributed by atoms with Crippen LogP contribution in [0.25, 0.3) is 21.7 Å². The van der Waals surface area contributed by atoms with Crippen molar-refractivity contribution < 1.29 is 23.5 Å². The number of carbonyl (C=O) groups excluding carboxylic acids is 2. The zero-order valence-corrected chi connectivity index (χ0v) is 30.0. The Morgan fingerprint density at radius 3 is 2.52 bits per heavy atom. The van der Waals surface area contributed by atoms with E-state index in [2.05, 4.69) is 36.1 Å². The third-order valence-corrected chi connectivity index (χ3v) is 12.4. The highest BCUT2D eigenvalue weighted by Crippen LogP contribution is 2.35. The number of pyridine rings is 1. The van der Waals surface area contributed by atoms with Gasteiger partial charge in [0.15, 0.2) is 0 Å². The molecule has 4 aliphatic heterocycles. The number of urea groups is 1. The van der Waals surface area contributed by atoms with Crippen LogP contribution in [-0.2, 0) is 15.3 Å². The number of amides is 3. The number of aromatic nitrogens is 3. The van der Waals surface area contributed by atoms with E-state index >= 15 is 4.39 Å². The van der Waals surface area contributed by atoms with Crippen molar-refractivity contribution in [2.75, 3.05) is 62.3 Å². The largest absolute Gasteiger partial charge is 0.493 e. The van der Waals surface area contributed by atoms with Crippen LogP contribution >= 0.6 is 11.8 Å². The van der Waals surface area contributed by atoms with Crippen LogP contribution in [-0.4, -0.2) is 95.6 Å². The zero-order chi connectivity index (χ0) is 35.6. The van der Waals surface area contributed by atoms with Crippen LogP contribution in [0.5, 0.6) is 5.75 Å². The molecule has 0 saturated carbocycles. The maximum absolute atomic E-state index is 15.1. The van der Waals surface area contributed by atoms with Crippen LogP contribution in [0.15, 0.2) is 47.5 Å². The highest BCUT2D eigenvalue weighted by Gasteiger charge is 2.30. The number of ether oxygens (including phenoxy) is 2. The molecular formula is C38H44FN7O5S. The second-order valence-corrected chi connectivity index (χ2v) is 15.5. The van der Waals surface area contributed by atoms with Gasteiger partial charge >= 0.3 is 6.03 Å². The summed E-state index contributed by atoms with van der Waals surface area (Å²) in [6.07, 6.45) is 9.93. The lowest BCUT2D eigenvalue weighted by Crippen LogP contribution is -2.49. The summed E-state index contributed by atoms with van der Waals surface area (Å²) in [4.78, 5) is 55.5. The van der Waals surface area contributed by atoms with Gasteiger partial charge in [-0.3, -0.25) is 24.8 Å². The van der Waals surface area contributed by atoms with Gasteiger partial charge in [0.05, 0.1) is 29.8 Å². The van der Waals surface area contributed by atoms with Crippen molar-refractivity contribution in [1.29, 1.82) is 0 Å². The summed E-state index contributed by atoms with van der Waals surface area (Å²) in [5.74, 6) is 1.02. The molecule has 4 aromatic rings. The number of likely N-dealkylation sites (tertiary alicyclic amines) is 1. The van der Waals surface area contributed by atoms with E-state index in [1.807, 2.05) is 18.3 Å². The Kier molecular flexibility index (Phi) is 10.3. The van der Waals surface area contributed by atoms with Crippen LogP contribution in [0.3, 0.4) is 0 Å². The summed E-state index contributed by atoms with van der Waals surface area (Å²) >= 11 is 1.75. The number of thioether (sulfide) groups is 1. The molecule has 8 rings (SSSR count). The van der Waals surface area contributed by atoms with Gasteiger partial charge in [0.2, 0.25) is 5.91 Å². The van der Waals surface area contributed by atoms with Gasteiger partial charge in [-0.15, -0.1) is 0 Å². The maximum Gasteiger partial charge on any atom is 0.328 e. The molecule has 0 aliphatic carbocycles. The number of nitrogens with zero attached hydrogens (tertiary/aromatic N) is 5. The fourth-order valence-corrected chi connectivity index (χ4v) is 9.11. The Labute approximate surface area is 305 Å². The quantitative estimate of drug-likeness (QED) is 0.236. The summed E-state index contributed by atoms with van der Waals surface area (Å²) in [7, 11) is 0. The molecule has 2 aromatic heterocycles. The van der Waals surface area contributed by atoms with Crippen LogP contribution in [0, 0.1) is 11.7 Å². The number of H-pyrrole nitrogens is 1. The van der Waals surface area contributed by atoms with E-state index in [-0.39, 0.29) is 17.7 Å². The highest BCUT2D eigenvalue weighted by atomic mass is 32.2. The number of halogens is 1. The van der Waals surface area contributed by atoms with E-state index in [1.54, 1.807) is 28.9 Å². The number of hydrogen-bond acceptors (Lipinski definition) is 10. The molecule has 2 N–H and O–H groups in total. The zero-order valence-electron chi connectivity index (χ0n) is 29.2. The number of aromatic amines is 1. The summed E-state index contributed by atoms with van der Waals surface area (Å²) in [6, 6.07) is 9.27. The standard InChI is InChI=1S/C38H44FN7O5S/c39-30-18-26(19-31-36(30)37(48)42-34(41-31)23-52-27-9-16-50-17-10-27)51-22-24-4-11-44(12-5-24)25-6-13-45(14-7-25)32-3-1-2-28-29(32)20-40-21-33(28)46-15-8-35(47)43-38(46)49/h1-3,18-21,24-25,27H,4-17,22-23H2,(H,41,42,48)(H,43,47,49). The van der Waals surface area contributed by atoms with Crippen molar-refractivity contribution in [3.05, 3.63) is 64.7 Å². The molecule has 0 unspecified atom stereocenters. The number of fused-ring (bicyclic) bond motifs is 2. The first kappa shape index (κ1) is 34.8. The number of imide groups is 1. The lowest BCUT2D eigenvalue weighted by atomic mass is 9.93. The molecule has 4 aliphatic rings. The van der Waals surface area contributed by atoms with Crippen molar-refractivity contribution in [2.24, 2.45) is 5.92 Å². The number of benzene rings is 2. The highest BCUT2D eigenvalue weighted by molar-refractivity contribution is 7.99. The maximum atomic E-state index is 15.1. The third-order valence-electron chi connectivity index (χ3n) is 11.0. The van der Waals surface area contributed by atoms with Gasteiger partial charge < -0.3 is 24.3 Å². The fraction of sp³-hybridized carbons (Fsp3) is 0.500. The molecule has 4 fully saturated rings. The van der Waals surface area contributed by atoms with Crippen molar-refractivity contribution in [3.63, 3.8) is 0 Å². The van der Waals surface area contributed by atoms with Crippen molar-refractivity contribution in [2.45, 2.75) is 62.0 Å². The minimum Gasteiger partial charge on any atom is -0.493 e. The second-order valence-electron chi connectivity index (χ2n) is 14.2. The third kappa shape index (κ3) is 7.46. The van der Waals surface area contributed by atoms with E-state index in [4.69, 9.17) is 9.47 Å². The number of rotatable bonds is 9. The van der Waals surface area contributed by atoms with E-state index in [0.717, 1.165) is 94.4 Å². The topological polar surface area (TPSA) is 133 Å². The van der Waals surface area contributed by atoms with Crippen LogP contribution in [0.1, 0.15) is 50.8 Å². The second kappa shape index (κ2) is 15.4. The Hall–Kier alpha value is -4.27. The first-order valence-electron chi connectivity index (χ1n) is 18.4. The number of anilines is 2. The number of carbonyl (C=O) groups is 2. The smallest absolute Gasteiger partial charge is 0.328 e. The van der Waals surface area contributed by atoms with Gasteiger partial charge in [-0.2, -0.15) is 11.8 Å². The average molecular weight is 730 g/mol. The van der Waals surface area contributed by atoms with Crippen molar-refractivity contribution in [3.8, 4) is 5.75 Å². The molecule has 2 aromatic carbocycles. The van der Waals surface area contributed by atoms with Crippen LogP contribution in [0.4, 0.5) is 20.6 Å². The Balaban J connectivity index is 0.841. The summed E-state index contributed by atoms with van der Waals surface area (Å²) < 4.78 is 26.6. The van der Waals surface area contributed by atoms with Gasteiger partial charge in [0.25, 0.3) is 5.56 Å². The first-order chi connectivity index (χ1) is 25.4. The SMILES string of the molecule is O=C1CCN(c2cncc3c(N4CCC(N5CCC(COc6cc(F)c7c(=O)[nH]c(CSC8CCOCC8)nc7c6)CC5)CC4)cccc23)C(=O)N1. The molecule has 14 heteroatoms. The van der Waals surface area contributed by atoms with Crippen molar-refractivity contribution in [1.82, 2.24) is 25.2 Å². The first-order valence-corrected chi connectivity index (χ1v) is 19.5. The Bertz CT molecular complexity index is 2010. The summed E-state index contributed by atoms with van der Waals surface area (Å²) in [5, 5.41) is 4.81. The number of nitrogens with one attached hydrogen (secondary N) is 2. The molecular weight excluding hydrogens is 686 g/mol. The average Bonchev–Trinajstić information content (AvgIpc) is 3.16. The fourth-order valence-electron chi connectivity index (χ4n) is 8.06. The monoisotopic (exact) mass is 729 g/mol.